The van der Waals surface area contributed by atoms with Gasteiger partial charge in [-0.2, -0.15) is 0 Å². The molecule has 0 aliphatic heterocycles. The van der Waals surface area contributed by atoms with E-state index >= 15 is 0 Å². The third kappa shape index (κ3) is 6.49. The number of carbonyl (C=O) groups excluding carboxylic acids is 2. The largest absolute Gasteiger partial charge is 0.573 e. The van der Waals surface area contributed by atoms with Crippen molar-refractivity contribution in [3.63, 3.8) is 0 Å². The highest BCUT2D eigenvalue weighted by molar-refractivity contribution is 5.93. The maximum Gasteiger partial charge on any atom is 0.573 e. The maximum atomic E-state index is 12.2. The molecule has 0 saturated carbocycles. The minimum absolute atomic E-state index is 0.197. The number of benzene rings is 2. The van der Waals surface area contributed by atoms with Gasteiger partial charge in [-0.1, -0.05) is 24.3 Å². The fraction of sp³-hybridized carbons (Fsp3) is 0.263. The molecule has 0 aromatic heterocycles. The molecule has 0 fully saturated rings. The average molecular weight is 395 g/mol. The molecular formula is C19H20F3N3O3. The monoisotopic (exact) mass is 395 g/mol. The van der Waals surface area contributed by atoms with Crippen LogP contribution in [-0.4, -0.2) is 25.3 Å². The molecule has 9 heteroatoms. The molecule has 3 amide bonds. The van der Waals surface area contributed by atoms with Gasteiger partial charge in [0.1, 0.15) is 5.75 Å². The van der Waals surface area contributed by atoms with Gasteiger partial charge in [0, 0.05) is 19.2 Å². The molecule has 0 spiro atoms. The summed E-state index contributed by atoms with van der Waals surface area (Å²) in [7, 11) is 1.54. The first-order valence-electron chi connectivity index (χ1n) is 8.39. The van der Waals surface area contributed by atoms with Crippen LogP contribution in [0.2, 0.25) is 0 Å². The highest BCUT2D eigenvalue weighted by Gasteiger charge is 2.31. The van der Waals surface area contributed by atoms with Gasteiger partial charge in [0.2, 0.25) is 0 Å². The van der Waals surface area contributed by atoms with Crippen LogP contribution in [0, 0.1) is 0 Å². The van der Waals surface area contributed by atoms with Crippen LogP contribution < -0.4 is 20.7 Å². The summed E-state index contributed by atoms with van der Waals surface area (Å²) in [6.45, 7) is 1.96. The minimum Gasteiger partial charge on any atom is -0.406 e. The quantitative estimate of drug-likeness (QED) is 0.700. The molecule has 28 heavy (non-hydrogen) atoms. The number of carbonyl (C=O) groups is 2. The third-order valence-electron chi connectivity index (χ3n) is 3.86. The molecule has 0 aliphatic carbocycles. The van der Waals surface area contributed by atoms with E-state index in [0.29, 0.717) is 11.1 Å². The zero-order chi connectivity index (χ0) is 20.7. The van der Waals surface area contributed by atoms with Crippen LogP contribution >= 0.6 is 0 Å². The lowest BCUT2D eigenvalue weighted by atomic mass is 10.1. The van der Waals surface area contributed by atoms with E-state index in [1.54, 1.807) is 38.2 Å². The molecule has 1 atom stereocenters. The van der Waals surface area contributed by atoms with Crippen molar-refractivity contribution in [1.29, 1.82) is 0 Å². The minimum atomic E-state index is -4.75. The summed E-state index contributed by atoms with van der Waals surface area (Å²) in [6, 6.07) is 11.2. The van der Waals surface area contributed by atoms with Crippen molar-refractivity contribution in [1.82, 2.24) is 16.0 Å². The van der Waals surface area contributed by atoms with Crippen LogP contribution in [0.5, 0.6) is 5.75 Å². The molecule has 2 aromatic rings. The Balaban J connectivity index is 1.84. The van der Waals surface area contributed by atoms with E-state index in [1.165, 1.54) is 24.3 Å². The molecular weight excluding hydrogens is 375 g/mol. The lowest BCUT2D eigenvalue weighted by Gasteiger charge is -2.16. The van der Waals surface area contributed by atoms with Crippen molar-refractivity contribution in [2.75, 3.05) is 7.05 Å². The molecule has 0 heterocycles. The van der Waals surface area contributed by atoms with Gasteiger partial charge >= 0.3 is 12.4 Å². The van der Waals surface area contributed by atoms with Crippen molar-refractivity contribution >= 4 is 11.9 Å². The van der Waals surface area contributed by atoms with Crippen molar-refractivity contribution in [2.45, 2.75) is 25.9 Å². The Morgan fingerprint density at radius 2 is 1.64 bits per heavy atom. The summed E-state index contributed by atoms with van der Waals surface area (Å²) in [5.74, 6) is -0.522. The number of alkyl halides is 3. The molecule has 0 radical (unpaired) electrons. The maximum absolute atomic E-state index is 12.2. The number of urea groups is 1. The van der Waals surface area contributed by atoms with Gasteiger partial charge in [-0.25, -0.2) is 4.79 Å². The number of hydrogen-bond acceptors (Lipinski definition) is 3. The Bertz CT molecular complexity index is 806. The fourth-order valence-corrected chi connectivity index (χ4v) is 2.39. The van der Waals surface area contributed by atoms with Crippen molar-refractivity contribution < 1.29 is 27.5 Å². The third-order valence-corrected chi connectivity index (χ3v) is 3.86. The average Bonchev–Trinajstić information content (AvgIpc) is 2.65. The highest BCUT2D eigenvalue weighted by Crippen LogP contribution is 2.24. The van der Waals surface area contributed by atoms with Crippen molar-refractivity contribution in [2.24, 2.45) is 0 Å². The van der Waals surface area contributed by atoms with E-state index in [0.717, 1.165) is 5.56 Å². The van der Waals surface area contributed by atoms with Gasteiger partial charge in [-0.05, 0) is 42.3 Å². The number of hydrogen-bond donors (Lipinski definition) is 3. The Labute approximate surface area is 160 Å². The van der Waals surface area contributed by atoms with E-state index in [2.05, 4.69) is 20.7 Å². The number of ether oxygens (including phenoxy) is 1. The molecule has 0 aliphatic rings. The normalized spacial score (nSPS) is 12.0. The van der Waals surface area contributed by atoms with Crippen molar-refractivity contribution in [3.8, 4) is 5.75 Å². The summed E-state index contributed by atoms with van der Waals surface area (Å²) in [5, 5.41) is 7.90. The van der Waals surface area contributed by atoms with Gasteiger partial charge in [0.05, 0.1) is 6.04 Å². The van der Waals surface area contributed by atoms with Crippen LogP contribution in [-0.2, 0) is 6.54 Å². The van der Waals surface area contributed by atoms with Crippen LogP contribution in [0.25, 0.3) is 0 Å². The Hall–Kier alpha value is -3.23. The van der Waals surface area contributed by atoms with Crippen LogP contribution in [0.1, 0.15) is 34.5 Å². The van der Waals surface area contributed by atoms with Gasteiger partial charge in [-0.15, -0.1) is 13.2 Å². The van der Waals surface area contributed by atoms with Crippen molar-refractivity contribution in [3.05, 3.63) is 65.2 Å². The first-order valence-corrected chi connectivity index (χ1v) is 8.39. The second-order valence-electron chi connectivity index (χ2n) is 5.94. The molecule has 2 rings (SSSR count). The van der Waals surface area contributed by atoms with E-state index < -0.39 is 18.4 Å². The standard InChI is InChI=1S/C19H20F3N3O3/c1-12(14-7-9-16(10-8-14)28-19(20,21)22)25-18(27)24-11-13-3-5-15(6-4-13)17(26)23-2/h3-10,12H,11H2,1-2H3,(H,23,26)(H2,24,25,27)/t12-/m0/s1. The molecule has 0 bridgehead atoms. The lowest BCUT2D eigenvalue weighted by molar-refractivity contribution is -0.274. The number of amides is 3. The smallest absolute Gasteiger partial charge is 0.406 e. The predicted molar refractivity (Wildman–Crippen MR) is 96.7 cm³/mol. The lowest BCUT2D eigenvalue weighted by Crippen LogP contribution is -2.36. The second-order valence-corrected chi connectivity index (χ2v) is 5.94. The molecule has 6 nitrogen and oxygen atoms in total. The molecule has 0 unspecified atom stereocenters. The predicted octanol–water partition coefficient (Wildman–Crippen LogP) is 3.51. The zero-order valence-corrected chi connectivity index (χ0v) is 15.3. The molecule has 2 aromatic carbocycles. The second kappa shape index (κ2) is 9.12. The van der Waals surface area contributed by atoms with Gasteiger partial charge < -0.3 is 20.7 Å². The van der Waals surface area contributed by atoms with Gasteiger partial charge in [-0.3, -0.25) is 4.79 Å². The molecule has 0 saturated heterocycles. The number of nitrogens with one attached hydrogen (secondary N) is 3. The van der Waals surface area contributed by atoms with E-state index in [4.69, 9.17) is 0 Å². The summed E-state index contributed by atoms with van der Waals surface area (Å²) < 4.78 is 40.3. The van der Waals surface area contributed by atoms with Crippen LogP contribution in [0.3, 0.4) is 0 Å². The number of rotatable bonds is 6. The zero-order valence-electron chi connectivity index (χ0n) is 15.3. The summed E-state index contributed by atoms with van der Waals surface area (Å²) in [4.78, 5) is 23.5. The van der Waals surface area contributed by atoms with E-state index in [9.17, 15) is 22.8 Å². The first-order chi connectivity index (χ1) is 13.2. The molecule has 150 valence electrons. The Kier molecular flexibility index (Phi) is 6.86. The topological polar surface area (TPSA) is 79.5 Å². The Morgan fingerprint density at radius 1 is 1.04 bits per heavy atom. The summed E-state index contributed by atoms with van der Waals surface area (Å²) in [5.41, 5.74) is 1.95. The van der Waals surface area contributed by atoms with Gasteiger partial charge in [0.15, 0.2) is 0 Å². The van der Waals surface area contributed by atoms with Crippen LogP contribution in [0.15, 0.2) is 48.5 Å². The highest BCUT2D eigenvalue weighted by atomic mass is 19.4. The molecule has 3 N–H and O–H groups in total. The number of halogens is 3. The SMILES string of the molecule is CNC(=O)c1ccc(CNC(=O)N[C@@H](C)c2ccc(OC(F)(F)F)cc2)cc1. The van der Waals surface area contributed by atoms with Gasteiger partial charge in [0.25, 0.3) is 5.91 Å². The van der Waals surface area contributed by atoms with Crippen LogP contribution in [0.4, 0.5) is 18.0 Å². The summed E-state index contributed by atoms with van der Waals surface area (Å²) in [6.07, 6.45) is -4.75. The summed E-state index contributed by atoms with van der Waals surface area (Å²) >= 11 is 0. The fourth-order valence-electron chi connectivity index (χ4n) is 2.39. The Morgan fingerprint density at radius 3 is 2.18 bits per heavy atom. The van der Waals surface area contributed by atoms with E-state index in [1.807, 2.05) is 0 Å². The van der Waals surface area contributed by atoms with E-state index in [-0.39, 0.29) is 18.2 Å². The first kappa shape index (κ1) is 21.1.